The van der Waals surface area contributed by atoms with Gasteiger partial charge >= 0.3 is 12.1 Å². The molecule has 0 saturated carbocycles. The second-order valence-corrected chi connectivity index (χ2v) is 14.8. The van der Waals surface area contributed by atoms with Crippen molar-refractivity contribution in [3.63, 3.8) is 0 Å². The van der Waals surface area contributed by atoms with Gasteiger partial charge in [0.2, 0.25) is 5.60 Å². The zero-order valence-electron chi connectivity index (χ0n) is 30.3. The number of para-hydroxylation sites is 1. The Hall–Kier alpha value is -4.78. The Kier molecular flexibility index (Phi) is 13.4. The van der Waals surface area contributed by atoms with Crippen LogP contribution in [0.3, 0.4) is 0 Å². The molecule has 2 atom stereocenters. The van der Waals surface area contributed by atoms with Gasteiger partial charge in [0.1, 0.15) is 16.4 Å². The minimum absolute atomic E-state index is 0.0370. The van der Waals surface area contributed by atoms with E-state index in [-0.39, 0.29) is 69.5 Å². The van der Waals surface area contributed by atoms with Crippen molar-refractivity contribution >= 4 is 29.1 Å². The van der Waals surface area contributed by atoms with Crippen LogP contribution in [0.4, 0.5) is 22.0 Å². The largest absolute Gasteiger partial charge is 0.493 e. The highest BCUT2D eigenvalue weighted by Crippen LogP contribution is 2.45. The molecule has 1 N–H and O–H groups in total. The Morgan fingerprint density at radius 1 is 1.09 bits per heavy atom. The molecule has 16 heteroatoms. The monoisotopic (exact) mass is 790 g/mol. The van der Waals surface area contributed by atoms with Gasteiger partial charge in [-0.1, -0.05) is 31.5 Å². The lowest BCUT2D eigenvalue weighted by Gasteiger charge is -2.51. The zero-order chi connectivity index (χ0) is 39.8. The van der Waals surface area contributed by atoms with Crippen LogP contribution in [0.5, 0.6) is 11.5 Å². The van der Waals surface area contributed by atoms with Crippen LogP contribution >= 0.6 is 11.3 Å². The van der Waals surface area contributed by atoms with E-state index >= 15 is 0 Å². The van der Waals surface area contributed by atoms with Crippen molar-refractivity contribution < 1.29 is 50.9 Å². The molecule has 2 aromatic heterocycles. The molecule has 2 fully saturated rings. The molecule has 10 nitrogen and oxygen atoms in total. The molecule has 2 aliphatic heterocycles. The number of aromatic nitrogens is 1. The Balaban J connectivity index is 1.45. The van der Waals surface area contributed by atoms with Crippen molar-refractivity contribution in [2.75, 3.05) is 26.2 Å². The molecule has 2 amide bonds. The van der Waals surface area contributed by atoms with E-state index in [1.807, 2.05) is 6.92 Å². The van der Waals surface area contributed by atoms with Crippen LogP contribution in [-0.4, -0.2) is 75.6 Å². The summed E-state index contributed by atoms with van der Waals surface area (Å²) in [6.07, 6.45) is -2.41. The number of hydrogen-bond donors (Lipinski definition) is 1. The SMILES string of the molecule is CCCC1N(C(=O)c2cnccc2C(F)F)CCCC1(Oc1csc(C(F)(F)F)c1)C(=O)N1CCC(C#N)(c2ccccc2OCCCCCC(=O)O)CC1. The van der Waals surface area contributed by atoms with E-state index in [1.54, 1.807) is 24.3 Å². The fourth-order valence-electron chi connectivity index (χ4n) is 7.59. The summed E-state index contributed by atoms with van der Waals surface area (Å²) in [6.45, 7) is 2.36. The maximum atomic E-state index is 15.0. The first-order chi connectivity index (χ1) is 26.3. The number of aliphatic carboxylic acids is 1. The number of benzene rings is 1. The van der Waals surface area contributed by atoms with E-state index in [4.69, 9.17) is 14.6 Å². The first kappa shape index (κ1) is 41.4. The molecule has 0 aliphatic carbocycles. The van der Waals surface area contributed by atoms with Crippen molar-refractivity contribution in [3.8, 4) is 17.6 Å². The van der Waals surface area contributed by atoms with Crippen molar-refractivity contribution in [1.82, 2.24) is 14.8 Å². The molecule has 0 spiro atoms. The van der Waals surface area contributed by atoms with Gasteiger partial charge in [-0.15, -0.1) is 11.3 Å². The number of amides is 2. The standard InChI is InChI=1S/C39H43F5N4O6S/c1-2-9-31-38(54-26-22-32(55-24-26)39(42,43)44,14-8-18-48(31)35(51)28-23-46-17-13-27(28)34(40)41)36(52)47-19-15-37(25-45,16-20-47)29-10-5-6-11-30(29)53-21-7-3-4-12-33(49)50/h5-6,10-11,13,17,22-24,31,34H,2-4,7-9,12,14-16,18-21H2,1H3,(H,49,50). The summed E-state index contributed by atoms with van der Waals surface area (Å²) in [6, 6.07) is 10.4. The lowest BCUT2D eigenvalue weighted by atomic mass is 9.72. The maximum absolute atomic E-state index is 15.0. The minimum atomic E-state index is -4.67. The van der Waals surface area contributed by atoms with Gasteiger partial charge in [0.15, 0.2) is 0 Å². The second kappa shape index (κ2) is 17.8. The van der Waals surface area contributed by atoms with E-state index < -0.39 is 57.9 Å². The molecule has 2 aliphatic rings. The number of carboxylic acids is 1. The summed E-state index contributed by atoms with van der Waals surface area (Å²) in [5.74, 6) is -1.92. The molecule has 1 aromatic carbocycles. The number of piperidine rings is 2. The number of nitrogens with zero attached hydrogens (tertiary/aromatic N) is 4. The second-order valence-electron chi connectivity index (χ2n) is 13.8. The van der Waals surface area contributed by atoms with Crippen molar-refractivity contribution in [1.29, 1.82) is 5.26 Å². The summed E-state index contributed by atoms with van der Waals surface area (Å²) >= 11 is 0.408. The number of likely N-dealkylation sites (tertiary alicyclic amines) is 2. The lowest BCUT2D eigenvalue weighted by Crippen LogP contribution is -2.68. The molecule has 3 aromatic rings. The third-order valence-corrected chi connectivity index (χ3v) is 11.3. The quantitative estimate of drug-likeness (QED) is 0.120. The number of thiophene rings is 1. The molecule has 0 bridgehead atoms. The first-order valence-electron chi connectivity index (χ1n) is 18.3. The van der Waals surface area contributed by atoms with E-state index in [2.05, 4.69) is 11.1 Å². The number of hydrogen-bond acceptors (Lipinski definition) is 8. The number of nitriles is 1. The molecule has 2 unspecified atom stereocenters. The zero-order valence-corrected chi connectivity index (χ0v) is 31.1. The summed E-state index contributed by atoms with van der Waals surface area (Å²) in [7, 11) is 0. The first-order valence-corrected chi connectivity index (χ1v) is 19.2. The minimum Gasteiger partial charge on any atom is -0.493 e. The average Bonchev–Trinajstić information content (AvgIpc) is 3.66. The van der Waals surface area contributed by atoms with Crippen LogP contribution in [0.15, 0.2) is 54.2 Å². The molecule has 5 rings (SSSR count). The molecule has 2 saturated heterocycles. The smallest absolute Gasteiger partial charge is 0.425 e. The van der Waals surface area contributed by atoms with Gasteiger partial charge < -0.3 is 24.4 Å². The summed E-state index contributed by atoms with van der Waals surface area (Å²) in [4.78, 5) is 45.7. The Labute approximate surface area is 319 Å². The van der Waals surface area contributed by atoms with Gasteiger partial charge in [-0.05, 0) is 57.1 Å². The van der Waals surface area contributed by atoms with Gasteiger partial charge in [0.05, 0.1) is 29.7 Å². The Morgan fingerprint density at radius 3 is 2.49 bits per heavy atom. The maximum Gasteiger partial charge on any atom is 0.425 e. The fraction of sp³-hybridized carbons (Fsp3) is 0.513. The third kappa shape index (κ3) is 9.20. The van der Waals surface area contributed by atoms with E-state index in [9.17, 15) is 41.6 Å². The third-order valence-electron chi connectivity index (χ3n) is 10.3. The van der Waals surface area contributed by atoms with Crippen LogP contribution in [0.1, 0.15) is 104 Å². The predicted octanol–water partition coefficient (Wildman–Crippen LogP) is 8.43. The Bertz CT molecular complexity index is 1860. The molecular formula is C39H43F5N4O6S. The normalized spacial score (nSPS) is 19.9. The van der Waals surface area contributed by atoms with Crippen LogP contribution in [0, 0.1) is 11.3 Å². The van der Waals surface area contributed by atoms with Crippen LogP contribution in [0.2, 0.25) is 0 Å². The van der Waals surface area contributed by atoms with Crippen molar-refractivity contribution in [2.24, 2.45) is 0 Å². The van der Waals surface area contributed by atoms with E-state index in [1.165, 1.54) is 9.80 Å². The number of alkyl halides is 5. The number of ether oxygens (including phenoxy) is 2. The van der Waals surface area contributed by atoms with Gasteiger partial charge in [-0.3, -0.25) is 19.4 Å². The van der Waals surface area contributed by atoms with Gasteiger partial charge in [0, 0.05) is 67.4 Å². The van der Waals surface area contributed by atoms with Gasteiger partial charge in [0.25, 0.3) is 18.2 Å². The highest BCUT2D eigenvalue weighted by atomic mass is 32.1. The summed E-state index contributed by atoms with van der Waals surface area (Å²) in [5, 5.41) is 20.6. The highest BCUT2D eigenvalue weighted by molar-refractivity contribution is 7.10. The molecule has 296 valence electrons. The lowest BCUT2D eigenvalue weighted by molar-refractivity contribution is -0.160. The average molecular weight is 791 g/mol. The fourth-order valence-corrected chi connectivity index (χ4v) is 8.27. The number of unbranched alkanes of at least 4 members (excludes halogenated alkanes) is 2. The van der Waals surface area contributed by atoms with Crippen molar-refractivity contribution in [3.05, 3.63) is 75.7 Å². The van der Waals surface area contributed by atoms with Gasteiger partial charge in [-0.25, -0.2) is 8.78 Å². The predicted molar refractivity (Wildman–Crippen MR) is 192 cm³/mol. The number of carbonyl (C=O) groups excluding carboxylic acids is 2. The number of halogens is 5. The molecule has 0 radical (unpaired) electrons. The van der Waals surface area contributed by atoms with Gasteiger partial charge in [-0.2, -0.15) is 18.4 Å². The number of carbonyl (C=O) groups is 3. The summed E-state index contributed by atoms with van der Waals surface area (Å²) < 4.78 is 81.7. The number of pyridine rings is 1. The number of carboxylic acid groups (broad SMARTS) is 1. The van der Waals surface area contributed by atoms with Crippen LogP contribution in [0.25, 0.3) is 0 Å². The topological polar surface area (TPSA) is 133 Å². The molecule has 55 heavy (non-hydrogen) atoms. The molecule has 4 heterocycles. The number of rotatable bonds is 15. The highest BCUT2D eigenvalue weighted by Gasteiger charge is 2.56. The Morgan fingerprint density at radius 2 is 1.84 bits per heavy atom. The van der Waals surface area contributed by atoms with Crippen LogP contribution < -0.4 is 9.47 Å². The van der Waals surface area contributed by atoms with E-state index in [0.29, 0.717) is 54.9 Å². The summed E-state index contributed by atoms with van der Waals surface area (Å²) in [5.41, 5.74) is -3.16. The molecular weight excluding hydrogens is 748 g/mol. The van der Waals surface area contributed by atoms with Crippen LogP contribution in [-0.2, 0) is 21.2 Å². The van der Waals surface area contributed by atoms with Crippen molar-refractivity contribution in [2.45, 2.75) is 101 Å². The van der Waals surface area contributed by atoms with E-state index in [0.717, 1.165) is 29.9 Å².